The third kappa shape index (κ3) is 2.75. The van der Waals surface area contributed by atoms with Crippen LogP contribution in [0.15, 0.2) is 12.1 Å². The van der Waals surface area contributed by atoms with Gasteiger partial charge in [-0.3, -0.25) is 0 Å². The van der Waals surface area contributed by atoms with E-state index in [2.05, 4.69) is 19.2 Å². The molecule has 2 nitrogen and oxygen atoms in total. The average molecular weight is 254 g/mol. The summed E-state index contributed by atoms with van der Waals surface area (Å²) in [4.78, 5) is 0. The summed E-state index contributed by atoms with van der Waals surface area (Å²) >= 11 is 6.16. The summed E-state index contributed by atoms with van der Waals surface area (Å²) in [5, 5.41) is 14.4. The standard InChI is InChI=1S/C14H20ClNO/c1-9(2)12-7-11(15)8-13(14(12)17)10-3-5-16-6-4-10/h7-10,16-17H,3-6H2,1-2H3. The van der Waals surface area contributed by atoms with E-state index in [1.54, 1.807) is 0 Å². The molecule has 0 atom stereocenters. The Balaban J connectivity index is 2.38. The van der Waals surface area contributed by atoms with Crippen LogP contribution in [0, 0.1) is 0 Å². The lowest BCUT2D eigenvalue weighted by atomic mass is 9.87. The summed E-state index contributed by atoms with van der Waals surface area (Å²) in [6, 6.07) is 3.81. The van der Waals surface area contributed by atoms with Crippen LogP contribution in [0.5, 0.6) is 5.75 Å². The molecule has 1 heterocycles. The number of nitrogens with one attached hydrogen (secondary N) is 1. The fourth-order valence-electron chi connectivity index (χ4n) is 2.53. The predicted octanol–water partition coefficient (Wildman–Crippen LogP) is 3.64. The Kier molecular flexibility index (Phi) is 3.95. The van der Waals surface area contributed by atoms with Gasteiger partial charge in [-0.2, -0.15) is 0 Å². The van der Waals surface area contributed by atoms with Crippen molar-refractivity contribution < 1.29 is 5.11 Å². The molecule has 2 N–H and O–H groups in total. The number of rotatable bonds is 2. The van der Waals surface area contributed by atoms with Gasteiger partial charge in [0.25, 0.3) is 0 Å². The third-order valence-electron chi connectivity index (χ3n) is 3.53. The second-order valence-corrected chi connectivity index (χ2v) is 5.55. The number of halogens is 1. The van der Waals surface area contributed by atoms with E-state index < -0.39 is 0 Å². The largest absolute Gasteiger partial charge is 0.507 e. The molecule has 3 heteroatoms. The monoisotopic (exact) mass is 253 g/mol. The van der Waals surface area contributed by atoms with Gasteiger partial charge >= 0.3 is 0 Å². The molecule has 17 heavy (non-hydrogen) atoms. The first-order valence-electron chi connectivity index (χ1n) is 6.32. The van der Waals surface area contributed by atoms with Crippen molar-refractivity contribution in [1.82, 2.24) is 5.32 Å². The Morgan fingerprint density at radius 2 is 1.94 bits per heavy atom. The van der Waals surface area contributed by atoms with Crippen LogP contribution >= 0.6 is 11.6 Å². The number of hydrogen-bond acceptors (Lipinski definition) is 2. The molecule has 0 bridgehead atoms. The van der Waals surface area contributed by atoms with Crippen molar-refractivity contribution in [2.45, 2.75) is 38.5 Å². The zero-order valence-electron chi connectivity index (χ0n) is 10.5. The normalized spacial score (nSPS) is 17.6. The van der Waals surface area contributed by atoms with Gasteiger partial charge in [0.1, 0.15) is 5.75 Å². The van der Waals surface area contributed by atoms with Crippen LogP contribution in [0.3, 0.4) is 0 Å². The van der Waals surface area contributed by atoms with E-state index in [-0.39, 0.29) is 0 Å². The summed E-state index contributed by atoms with van der Waals surface area (Å²) in [7, 11) is 0. The number of phenolic OH excluding ortho intramolecular Hbond substituents is 1. The number of hydrogen-bond donors (Lipinski definition) is 2. The molecular formula is C14H20ClNO. The van der Waals surface area contributed by atoms with Crippen molar-refractivity contribution in [3.63, 3.8) is 0 Å². The van der Waals surface area contributed by atoms with Crippen LogP contribution in [0.2, 0.25) is 5.02 Å². The van der Waals surface area contributed by atoms with Crippen LogP contribution in [0.4, 0.5) is 0 Å². The zero-order chi connectivity index (χ0) is 12.4. The molecule has 1 aliphatic rings. The number of phenols is 1. The second-order valence-electron chi connectivity index (χ2n) is 5.11. The number of piperidine rings is 1. The lowest BCUT2D eigenvalue weighted by Crippen LogP contribution is -2.26. The van der Waals surface area contributed by atoms with Gasteiger partial charge in [0, 0.05) is 5.02 Å². The molecule has 2 rings (SSSR count). The molecule has 94 valence electrons. The smallest absolute Gasteiger partial charge is 0.122 e. The minimum atomic E-state index is 0.300. The van der Waals surface area contributed by atoms with Crippen molar-refractivity contribution in [2.24, 2.45) is 0 Å². The molecule has 0 unspecified atom stereocenters. The first kappa shape index (κ1) is 12.7. The summed E-state index contributed by atoms with van der Waals surface area (Å²) < 4.78 is 0. The van der Waals surface area contributed by atoms with E-state index in [1.807, 2.05) is 12.1 Å². The first-order chi connectivity index (χ1) is 8.09. The molecule has 1 saturated heterocycles. The van der Waals surface area contributed by atoms with Gasteiger partial charge in [0.2, 0.25) is 0 Å². The molecule has 1 aromatic carbocycles. The lowest BCUT2D eigenvalue weighted by Gasteiger charge is -2.25. The quantitative estimate of drug-likeness (QED) is 0.844. The Bertz CT molecular complexity index is 397. The molecule has 0 amide bonds. The summed E-state index contributed by atoms with van der Waals surface area (Å²) in [5.74, 6) is 1.19. The minimum absolute atomic E-state index is 0.300. The topological polar surface area (TPSA) is 32.3 Å². The van der Waals surface area contributed by atoms with Crippen molar-refractivity contribution in [3.05, 3.63) is 28.3 Å². The Morgan fingerprint density at radius 1 is 1.29 bits per heavy atom. The Morgan fingerprint density at radius 3 is 2.53 bits per heavy atom. The predicted molar refractivity (Wildman–Crippen MR) is 72.1 cm³/mol. The van der Waals surface area contributed by atoms with Gasteiger partial charge in [-0.1, -0.05) is 25.4 Å². The maximum atomic E-state index is 10.4. The summed E-state index contributed by atoms with van der Waals surface area (Å²) in [5.41, 5.74) is 1.99. The van der Waals surface area contributed by atoms with Gasteiger partial charge in [-0.05, 0) is 61.0 Å². The van der Waals surface area contributed by atoms with Crippen molar-refractivity contribution in [2.75, 3.05) is 13.1 Å². The van der Waals surface area contributed by atoms with E-state index in [0.717, 1.165) is 42.1 Å². The first-order valence-corrected chi connectivity index (χ1v) is 6.70. The highest BCUT2D eigenvalue weighted by atomic mass is 35.5. The fraction of sp³-hybridized carbons (Fsp3) is 0.571. The van der Waals surface area contributed by atoms with Gasteiger partial charge in [0.05, 0.1) is 0 Å². The lowest BCUT2D eigenvalue weighted by molar-refractivity contribution is 0.419. The summed E-state index contributed by atoms with van der Waals surface area (Å²) in [6.45, 7) is 6.20. The summed E-state index contributed by atoms with van der Waals surface area (Å²) in [6.07, 6.45) is 2.15. The van der Waals surface area contributed by atoms with Gasteiger partial charge in [0.15, 0.2) is 0 Å². The maximum absolute atomic E-state index is 10.4. The number of aromatic hydroxyl groups is 1. The van der Waals surface area contributed by atoms with Crippen LogP contribution in [0.25, 0.3) is 0 Å². The van der Waals surface area contributed by atoms with Crippen LogP contribution in [-0.2, 0) is 0 Å². The zero-order valence-corrected chi connectivity index (χ0v) is 11.2. The fourth-order valence-corrected chi connectivity index (χ4v) is 2.76. The highest BCUT2D eigenvalue weighted by molar-refractivity contribution is 6.30. The van der Waals surface area contributed by atoms with E-state index in [9.17, 15) is 5.11 Å². The SMILES string of the molecule is CC(C)c1cc(Cl)cc(C2CCNCC2)c1O. The molecule has 1 aliphatic heterocycles. The van der Waals surface area contributed by atoms with Crippen LogP contribution in [-0.4, -0.2) is 18.2 Å². The second kappa shape index (κ2) is 5.28. The molecular weight excluding hydrogens is 234 g/mol. The molecule has 0 aromatic heterocycles. The van der Waals surface area contributed by atoms with Crippen molar-refractivity contribution >= 4 is 11.6 Å². The molecule has 1 fully saturated rings. The van der Waals surface area contributed by atoms with Gasteiger partial charge in [-0.25, -0.2) is 0 Å². The van der Waals surface area contributed by atoms with Gasteiger partial charge < -0.3 is 10.4 Å². The van der Waals surface area contributed by atoms with E-state index >= 15 is 0 Å². The molecule has 0 radical (unpaired) electrons. The highest BCUT2D eigenvalue weighted by Gasteiger charge is 2.21. The Labute approximate surface area is 108 Å². The third-order valence-corrected chi connectivity index (χ3v) is 3.75. The average Bonchev–Trinajstić information content (AvgIpc) is 2.32. The van der Waals surface area contributed by atoms with Crippen LogP contribution in [0.1, 0.15) is 49.7 Å². The van der Waals surface area contributed by atoms with E-state index in [4.69, 9.17) is 11.6 Å². The van der Waals surface area contributed by atoms with E-state index in [1.165, 1.54) is 0 Å². The minimum Gasteiger partial charge on any atom is -0.507 e. The molecule has 1 aromatic rings. The van der Waals surface area contributed by atoms with E-state index in [0.29, 0.717) is 17.6 Å². The Hall–Kier alpha value is -0.730. The van der Waals surface area contributed by atoms with Crippen molar-refractivity contribution in [1.29, 1.82) is 0 Å². The highest BCUT2D eigenvalue weighted by Crippen LogP contribution is 2.39. The maximum Gasteiger partial charge on any atom is 0.122 e. The van der Waals surface area contributed by atoms with Crippen LogP contribution < -0.4 is 5.32 Å². The molecule has 0 spiro atoms. The molecule has 0 aliphatic carbocycles. The number of benzene rings is 1. The van der Waals surface area contributed by atoms with Gasteiger partial charge in [-0.15, -0.1) is 0 Å². The molecule has 0 saturated carbocycles. The van der Waals surface area contributed by atoms with Crippen molar-refractivity contribution in [3.8, 4) is 5.75 Å².